The lowest BCUT2D eigenvalue weighted by Crippen LogP contribution is -2.32. The van der Waals surface area contributed by atoms with Crippen LogP contribution in [0, 0.1) is 5.92 Å². The van der Waals surface area contributed by atoms with Crippen molar-refractivity contribution in [3.05, 3.63) is 18.0 Å². The number of amides is 1. The number of aromatic nitrogens is 2. The zero-order valence-corrected chi connectivity index (χ0v) is 8.53. The lowest BCUT2D eigenvalue weighted by Gasteiger charge is -2.21. The Balaban J connectivity index is 1.75. The summed E-state index contributed by atoms with van der Waals surface area (Å²) in [6, 6.07) is 1.67. The molecule has 1 aromatic heterocycles. The first-order valence-electron chi connectivity index (χ1n) is 5.21. The minimum atomic E-state index is -0.0843. The summed E-state index contributed by atoms with van der Waals surface area (Å²) in [6.45, 7) is 2.34. The Kier molecular flexibility index (Phi) is 3.34. The largest absolute Gasteiger partial charge is 0.381 e. The van der Waals surface area contributed by atoms with Crippen LogP contribution in [-0.2, 0) is 4.74 Å². The van der Waals surface area contributed by atoms with Crippen LogP contribution in [0.1, 0.15) is 23.3 Å². The Labute approximate surface area is 88.2 Å². The Morgan fingerprint density at radius 2 is 2.40 bits per heavy atom. The van der Waals surface area contributed by atoms with E-state index in [-0.39, 0.29) is 5.91 Å². The number of hydrogen-bond donors (Lipinski definition) is 2. The van der Waals surface area contributed by atoms with Gasteiger partial charge in [-0.25, -0.2) is 0 Å². The van der Waals surface area contributed by atoms with Crippen molar-refractivity contribution in [3.63, 3.8) is 0 Å². The highest BCUT2D eigenvalue weighted by molar-refractivity contribution is 5.92. The van der Waals surface area contributed by atoms with Crippen LogP contribution in [0.3, 0.4) is 0 Å². The molecule has 0 unspecified atom stereocenters. The van der Waals surface area contributed by atoms with Gasteiger partial charge >= 0.3 is 0 Å². The van der Waals surface area contributed by atoms with Crippen molar-refractivity contribution in [1.82, 2.24) is 15.5 Å². The Morgan fingerprint density at radius 3 is 3.07 bits per heavy atom. The molecular weight excluding hydrogens is 194 g/mol. The Morgan fingerprint density at radius 1 is 1.60 bits per heavy atom. The average Bonchev–Trinajstić information content (AvgIpc) is 2.81. The van der Waals surface area contributed by atoms with Crippen LogP contribution in [0.25, 0.3) is 0 Å². The van der Waals surface area contributed by atoms with Crippen molar-refractivity contribution in [2.75, 3.05) is 19.8 Å². The minimum absolute atomic E-state index is 0.0843. The first-order valence-corrected chi connectivity index (χ1v) is 5.21. The van der Waals surface area contributed by atoms with Crippen LogP contribution in [0.2, 0.25) is 0 Å². The van der Waals surface area contributed by atoms with Crippen LogP contribution < -0.4 is 5.32 Å². The molecular formula is C10H15N3O2. The summed E-state index contributed by atoms with van der Waals surface area (Å²) in [7, 11) is 0. The van der Waals surface area contributed by atoms with Gasteiger partial charge in [0.05, 0.1) is 0 Å². The average molecular weight is 209 g/mol. The molecule has 1 aliphatic rings. The third kappa shape index (κ3) is 2.79. The molecule has 2 rings (SSSR count). The monoisotopic (exact) mass is 209 g/mol. The van der Waals surface area contributed by atoms with E-state index in [1.54, 1.807) is 12.3 Å². The van der Waals surface area contributed by atoms with Gasteiger partial charge in [-0.3, -0.25) is 9.89 Å². The molecule has 0 aliphatic carbocycles. The zero-order chi connectivity index (χ0) is 10.5. The predicted molar refractivity (Wildman–Crippen MR) is 54.5 cm³/mol. The standard InChI is InChI=1S/C10H15N3O2/c14-10(9-1-4-12-13-9)11-7-8-2-5-15-6-3-8/h1,4,8H,2-3,5-7H2,(H,11,14)(H,12,13). The van der Waals surface area contributed by atoms with E-state index in [2.05, 4.69) is 15.5 Å². The van der Waals surface area contributed by atoms with Crippen LogP contribution >= 0.6 is 0 Å². The second kappa shape index (κ2) is 4.93. The maximum absolute atomic E-state index is 11.5. The highest BCUT2D eigenvalue weighted by Crippen LogP contribution is 2.13. The maximum atomic E-state index is 11.5. The molecule has 0 saturated carbocycles. The van der Waals surface area contributed by atoms with E-state index in [1.165, 1.54) is 0 Å². The minimum Gasteiger partial charge on any atom is -0.381 e. The molecule has 1 amide bonds. The number of ether oxygens (including phenoxy) is 1. The smallest absolute Gasteiger partial charge is 0.269 e. The van der Waals surface area contributed by atoms with Crippen LogP contribution in [-0.4, -0.2) is 35.9 Å². The van der Waals surface area contributed by atoms with Gasteiger partial charge in [-0.15, -0.1) is 0 Å². The lowest BCUT2D eigenvalue weighted by molar-refractivity contribution is 0.0642. The second-order valence-corrected chi connectivity index (χ2v) is 3.74. The highest BCUT2D eigenvalue weighted by atomic mass is 16.5. The van der Waals surface area contributed by atoms with Gasteiger partial charge < -0.3 is 10.1 Å². The molecule has 2 N–H and O–H groups in total. The fraction of sp³-hybridized carbons (Fsp3) is 0.600. The fourth-order valence-electron chi connectivity index (χ4n) is 1.67. The molecule has 0 bridgehead atoms. The molecule has 5 nitrogen and oxygen atoms in total. The number of hydrogen-bond acceptors (Lipinski definition) is 3. The summed E-state index contributed by atoms with van der Waals surface area (Å²) in [6.07, 6.45) is 3.63. The third-order valence-electron chi connectivity index (χ3n) is 2.64. The second-order valence-electron chi connectivity index (χ2n) is 3.74. The van der Waals surface area contributed by atoms with E-state index in [0.717, 1.165) is 32.6 Å². The van der Waals surface area contributed by atoms with Gasteiger partial charge in [0, 0.05) is 26.0 Å². The zero-order valence-electron chi connectivity index (χ0n) is 8.53. The van der Waals surface area contributed by atoms with E-state index in [0.29, 0.717) is 11.6 Å². The normalized spacial score (nSPS) is 17.6. The van der Waals surface area contributed by atoms with Gasteiger partial charge in [0.15, 0.2) is 0 Å². The van der Waals surface area contributed by atoms with Crippen molar-refractivity contribution in [2.45, 2.75) is 12.8 Å². The number of nitrogens with zero attached hydrogens (tertiary/aromatic N) is 1. The molecule has 0 aromatic carbocycles. The van der Waals surface area contributed by atoms with Crippen molar-refractivity contribution >= 4 is 5.91 Å². The molecule has 82 valence electrons. The number of carbonyl (C=O) groups excluding carboxylic acids is 1. The van der Waals surface area contributed by atoms with Crippen molar-refractivity contribution in [2.24, 2.45) is 5.92 Å². The molecule has 1 aromatic rings. The Bertz CT molecular complexity index is 304. The highest BCUT2D eigenvalue weighted by Gasteiger charge is 2.15. The molecule has 0 atom stereocenters. The van der Waals surface area contributed by atoms with E-state index in [4.69, 9.17) is 4.74 Å². The summed E-state index contributed by atoms with van der Waals surface area (Å²) >= 11 is 0. The molecule has 1 fully saturated rings. The third-order valence-corrected chi connectivity index (χ3v) is 2.64. The molecule has 0 spiro atoms. The van der Waals surface area contributed by atoms with E-state index in [9.17, 15) is 4.79 Å². The molecule has 1 saturated heterocycles. The first kappa shape index (κ1) is 10.2. The molecule has 2 heterocycles. The first-order chi connectivity index (χ1) is 7.36. The number of nitrogens with one attached hydrogen (secondary N) is 2. The van der Waals surface area contributed by atoms with Gasteiger partial charge in [-0.1, -0.05) is 0 Å². The van der Waals surface area contributed by atoms with Gasteiger partial charge in [0.2, 0.25) is 0 Å². The Hall–Kier alpha value is -1.36. The summed E-state index contributed by atoms with van der Waals surface area (Å²) in [5.74, 6) is 0.463. The van der Waals surface area contributed by atoms with Crippen LogP contribution in [0.5, 0.6) is 0 Å². The molecule has 15 heavy (non-hydrogen) atoms. The van der Waals surface area contributed by atoms with Crippen molar-refractivity contribution < 1.29 is 9.53 Å². The van der Waals surface area contributed by atoms with E-state index in [1.807, 2.05) is 0 Å². The summed E-state index contributed by atoms with van der Waals surface area (Å²) in [5, 5.41) is 9.26. The van der Waals surface area contributed by atoms with Crippen LogP contribution in [0.4, 0.5) is 0 Å². The SMILES string of the molecule is O=C(NCC1CCOCC1)c1ccn[nH]1. The summed E-state index contributed by atoms with van der Waals surface area (Å²) in [4.78, 5) is 11.5. The number of carbonyl (C=O) groups is 1. The number of H-pyrrole nitrogens is 1. The maximum Gasteiger partial charge on any atom is 0.269 e. The topological polar surface area (TPSA) is 67.0 Å². The van der Waals surface area contributed by atoms with Crippen molar-refractivity contribution in [1.29, 1.82) is 0 Å². The van der Waals surface area contributed by atoms with E-state index >= 15 is 0 Å². The number of rotatable bonds is 3. The van der Waals surface area contributed by atoms with E-state index < -0.39 is 0 Å². The summed E-state index contributed by atoms with van der Waals surface area (Å²) < 4.78 is 5.25. The molecule has 0 radical (unpaired) electrons. The van der Waals surface area contributed by atoms with Gasteiger partial charge in [-0.05, 0) is 24.8 Å². The van der Waals surface area contributed by atoms with Gasteiger partial charge in [0.25, 0.3) is 5.91 Å². The number of aromatic amines is 1. The predicted octanol–water partition coefficient (Wildman–Crippen LogP) is 0.566. The summed E-state index contributed by atoms with van der Waals surface area (Å²) in [5.41, 5.74) is 0.516. The van der Waals surface area contributed by atoms with Gasteiger partial charge in [0.1, 0.15) is 5.69 Å². The molecule has 5 heteroatoms. The molecule has 1 aliphatic heterocycles. The quantitative estimate of drug-likeness (QED) is 0.764. The van der Waals surface area contributed by atoms with Crippen molar-refractivity contribution in [3.8, 4) is 0 Å². The van der Waals surface area contributed by atoms with Crippen LogP contribution in [0.15, 0.2) is 12.3 Å². The lowest BCUT2D eigenvalue weighted by atomic mass is 10.0. The fourth-order valence-corrected chi connectivity index (χ4v) is 1.67. The van der Waals surface area contributed by atoms with Gasteiger partial charge in [-0.2, -0.15) is 5.10 Å².